The zero-order valence-corrected chi connectivity index (χ0v) is 14.6. The van der Waals surface area contributed by atoms with Crippen LogP contribution < -0.4 is 15.4 Å². The van der Waals surface area contributed by atoms with Gasteiger partial charge in [0, 0.05) is 6.07 Å². The summed E-state index contributed by atoms with van der Waals surface area (Å²) in [7, 11) is 1.51. The summed E-state index contributed by atoms with van der Waals surface area (Å²) in [6.07, 6.45) is 2.53. The van der Waals surface area contributed by atoms with Crippen molar-refractivity contribution in [1.29, 1.82) is 0 Å². The molecule has 0 bridgehead atoms. The topological polar surface area (TPSA) is 76.1 Å². The normalized spacial score (nSPS) is 10.4. The first-order chi connectivity index (χ1) is 13.0. The Labute approximate surface area is 154 Å². The Morgan fingerprint density at radius 3 is 2.52 bits per heavy atom. The summed E-state index contributed by atoms with van der Waals surface area (Å²) in [5.74, 6) is -1.17. The number of hydrogen-bond acceptors (Lipinski definition) is 5. The largest absolute Gasteiger partial charge is 0.495 e. The zero-order valence-electron chi connectivity index (χ0n) is 14.6. The fraction of sp³-hybridized carbons (Fsp3) is 0.105. The van der Waals surface area contributed by atoms with E-state index in [1.165, 1.54) is 25.6 Å². The van der Waals surface area contributed by atoms with Crippen molar-refractivity contribution in [3.05, 3.63) is 71.7 Å². The molecular weight excluding hydrogens is 354 g/mol. The number of nitrogens with zero attached hydrogens (tertiary/aromatic N) is 2. The van der Waals surface area contributed by atoms with Crippen molar-refractivity contribution in [2.45, 2.75) is 6.92 Å². The van der Waals surface area contributed by atoms with Gasteiger partial charge in [0.15, 0.2) is 0 Å². The maximum atomic E-state index is 13.7. The number of carbonyl (C=O) groups is 1. The first kappa shape index (κ1) is 18.2. The SMILES string of the molecule is COc1ccc(C)cc1NC(=O)c1cnc(Nc2ccc(F)cc2F)cn1. The third-order valence-electron chi connectivity index (χ3n) is 3.68. The van der Waals surface area contributed by atoms with Crippen LogP contribution in [0.15, 0.2) is 48.8 Å². The highest BCUT2D eigenvalue weighted by molar-refractivity contribution is 6.03. The Kier molecular flexibility index (Phi) is 5.25. The zero-order chi connectivity index (χ0) is 19.4. The lowest BCUT2D eigenvalue weighted by molar-refractivity contribution is 0.102. The van der Waals surface area contributed by atoms with Gasteiger partial charge in [0.05, 0.1) is 30.9 Å². The second-order valence-electron chi connectivity index (χ2n) is 5.69. The van der Waals surface area contributed by atoms with Crippen molar-refractivity contribution in [2.75, 3.05) is 17.7 Å². The van der Waals surface area contributed by atoms with Crippen LogP contribution in [0, 0.1) is 18.6 Å². The molecule has 2 aromatic carbocycles. The number of amides is 1. The minimum atomic E-state index is -0.759. The number of carbonyl (C=O) groups excluding carboxylic acids is 1. The van der Waals surface area contributed by atoms with Gasteiger partial charge < -0.3 is 15.4 Å². The third kappa shape index (κ3) is 4.35. The maximum Gasteiger partial charge on any atom is 0.275 e. The number of rotatable bonds is 5. The molecule has 0 aliphatic carbocycles. The van der Waals surface area contributed by atoms with E-state index in [9.17, 15) is 13.6 Å². The van der Waals surface area contributed by atoms with Gasteiger partial charge in [0.1, 0.15) is 28.9 Å². The van der Waals surface area contributed by atoms with Crippen LogP contribution in [0.2, 0.25) is 0 Å². The molecule has 0 aliphatic heterocycles. The number of benzene rings is 2. The quantitative estimate of drug-likeness (QED) is 0.708. The average Bonchev–Trinajstić information content (AvgIpc) is 2.65. The lowest BCUT2D eigenvalue weighted by Gasteiger charge is -2.11. The molecule has 0 radical (unpaired) electrons. The lowest BCUT2D eigenvalue weighted by Crippen LogP contribution is -2.15. The van der Waals surface area contributed by atoms with Crippen LogP contribution in [-0.2, 0) is 0 Å². The van der Waals surface area contributed by atoms with Crippen LogP contribution in [0.25, 0.3) is 0 Å². The molecule has 0 unspecified atom stereocenters. The number of hydrogen-bond donors (Lipinski definition) is 2. The summed E-state index contributed by atoms with van der Waals surface area (Å²) < 4.78 is 31.8. The number of aromatic nitrogens is 2. The molecule has 0 aliphatic rings. The van der Waals surface area contributed by atoms with Crippen molar-refractivity contribution in [1.82, 2.24) is 9.97 Å². The van der Waals surface area contributed by atoms with Crippen LogP contribution in [0.5, 0.6) is 5.75 Å². The first-order valence-electron chi connectivity index (χ1n) is 7.96. The summed E-state index contributed by atoms with van der Waals surface area (Å²) in [6.45, 7) is 1.89. The smallest absolute Gasteiger partial charge is 0.275 e. The standard InChI is InChI=1S/C19H16F2N4O2/c1-11-3-6-17(27-2)15(7-11)25-19(26)16-9-23-18(10-22-16)24-14-5-4-12(20)8-13(14)21/h3-10H,1-2H3,(H,23,24)(H,25,26). The molecule has 0 spiro atoms. The number of aryl methyl sites for hydroxylation is 1. The van der Waals surface area contributed by atoms with Crippen molar-refractivity contribution in [2.24, 2.45) is 0 Å². The molecule has 1 amide bonds. The monoisotopic (exact) mass is 370 g/mol. The molecule has 0 saturated heterocycles. The minimum Gasteiger partial charge on any atom is -0.495 e. The second-order valence-corrected chi connectivity index (χ2v) is 5.69. The molecule has 8 heteroatoms. The molecule has 1 aromatic heterocycles. The fourth-order valence-electron chi connectivity index (χ4n) is 2.34. The van der Waals surface area contributed by atoms with Crippen molar-refractivity contribution in [3.8, 4) is 5.75 Å². The molecule has 0 atom stereocenters. The van der Waals surface area contributed by atoms with E-state index >= 15 is 0 Å². The van der Waals surface area contributed by atoms with Gasteiger partial charge in [-0.05, 0) is 36.8 Å². The highest BCUT2D eigenvalue weighted by atomic mass is 19.1. The average molecular weight is 370 g/mol. The van der Waals surface area contributed by atoms with Crippen molar-refractivity contribution in [3.63, 3.8) is 0 Å². The Morgan fingerprint density at radius 1 is 1.04 bits per heavy atom. The van der Waals surface area contributed by atoms with E-state index in [1.807, 2.05) is 13.0 Å². The van der Waals surface area contributed by atoms with Crippen molar-refractivity contribution >= 4 is 23.1 Å². The van der Waals surface area contributed by atoms with Crippen LogP contribution in [0.3, 0.4) is 0 Å². The lowest BCUT2D eigenvalue weighted by atomic mass is 10.2. The number of anilines is 3. The molecular formula is C19H16F2N4O2. The molecule has 2 N–H and O–H groups in total. The second kappa shape index (κ2) is 7.77. The van der Waals surface area contributed by atoms with E-state index in [0.717, 1.165) is 17.7 Å². The summed E-state index contributed by atoms with van der Waals surface area (Å²) in [5, 5.41) is 5.39. The van der Waals surface area contributed by atoms with Gasteiger partial charge in [-0.25, -0.2) is 18.7 Å². The highest BCUT2D eigenvalue weighted by Crippen LogP contribution is 2.25. The van der Waals surface area contributed by atoms with Crippen LogP contribution >= 0.6 is 0 Å². The van der Waals surface area contributed by atoms with Gasteiger partial charge in [-0.2, -0.15) is 0 Å². The van der Waals surface area contributed by atoms with E-state index in [4.69, 9.17) is 4.74 Å². The molecule has 1 heterocycles. The van der Waals surface area contributed by atoms with E-state index in [1.54, 1.807) is 12.1 Å². The number of methoxy groups -OCH3 is 1. The van der Waals surface area contributed by atoms with Crippen LogP contribution in [0.4, 0.5) is 26.0 Å². The van der Waals surface area contributed by atoms with Gasteiger partial charge in [-0.15, -0.1) is 0 Å². The minimum absolute atomic E-state index is 0.0485. The molecule has 138 valence electrons. The molecule has 0 fully saturated rings. The van der Waals surface area contributed by atoms with Gasteiger partial charge >= 0.3 is 0 Å². The first-order valence-corrected chi connectivity index (χ1v) is 7.96. The predicted molar refractivity (Wildman–Crippen MR) is 97.4 cm³/mol. The molecule has 27 heavy (non-hydrogen) atoms. The van der Waals surface area contributed by atoms with Crippen molar-refractivity contribution < 1.29 is 18.3 Å². The molecule has 6 nitrogen and oxygen atoms in total. The number of ether oxygens (including phenoxy) is 1. The Morgan fingerprint density at radius 2 is 1.85 bits per heavy atom. The Bertz CT molecular complexity index is 978. The Hall–Kier alpha value is -3.55. The number of nitrogens with one attached hydrogen (secondary N) is 2. The summed E-state index contributed by atoms with van der Waals surface area (Å²) in [6, 6.07) is 8.52. The van der Waals surface area contributed by atoms with Gasteiger partial charge in [0.25, 0.3) is 5.91 Å². The summed E-state index contributed by atoms with van der Waals surface area (Å²) in [5.41, 5.74) is 1.59. The Balaban J connectivity index is 1.73. The molecule has 3 aromatic rings. The molecule has 0 saturated carbocycles. The van der Waals surface area contributed by atoms with Gasteiger partial charge in [-0.1, -0.05) is 6.07 Å². The molecule has 3 rings (SSSR count). The van der Waals surface area contributed by atoms with E-state index in [0.29, 0.717) is 11.4 Å². The number of halogens is 2. The maximum absolute atomic E-state index is 13.7. The highest BCUT2D eigenvalue weighted by Gasteiger charge is 2.12. The van der Waals surface area contributed by atoms with Gasteiger partial charge in [0.2, 0.25) is 0 Å². The van der Waals surface area contributed by atoms with E-state index < -0.39 is 17.5 Å². The fourth-order valence-corrected chi connectivity index (χ4v) is 2.34. The van der Waals surface area contributed by atoms with E-state index in [-0.39, 0.29) is 17.2 Å². The summed E-state index contributed by atoms with van der Waals surface area (Å²) in [4.78, 5) is 20.4. The van der Waals surface area contributed by atoms with Crippen LogP contribution in [0.1, 0.15) is 16.1 Å². The summed E-state index contributed by atoms with van der Waals surface area (Å²) >= 11 is 0. The van der Waals surface area contributed by atoms with E-state index in [2.05, 4.69) is 20.6 Å². The van der Waals surface area contributed by atoms with Crippen LogP contribution in [-0.4, -0.2) is 23.0 Å². The predicted octanol–water partition coefficient (Wildman–Crippen LogP) is 4.07. The third-order valence-corrected chi connectivity index (χ3v) is 3.68. The van der Waals surface area contributed by atoms with Gasteiger partial charge in [-0.3, -0.25) is 4.79 Å².